The molecule has 6 heteroatoms. The number of hydrogen-bond acceptors (Lipinski definition) is 3. The molecule has 0 unspecified atom stereocenters. The molecule has 0 aliphatic carbocycles. The molecule has 5 nitrogen and oxygen atoms in total. The van der Waals surface area contributed by atoms with Crippen LogP contribution in [0.5, 0.6) is 0 Å². The van der Waals surface area contributed by atoms with Gasteiger partial charge in [-0.2, -0.15) is 0 Å². The fourth-order valence-electron chi connectivity index (χ4n) is 1.07. The number of amides is 1. The molecule has 1 rings (SSSR count). The van der Waals surface area contributed by atoms with Crippen LogP contribution in [0.15, 0.2) is 36.1 Å². The van der Waals surface area contributed by atoms with E-state index >= 15 is 0 Å². The molecule has 1 amide bonds. The number of carboxylic acids is 1. The molecule has 0 heterocycles. The number of rotatable bonds is 4. The highest BCUT2D eigenvalue weighted by molar-refractivity contribution is 5.95. The summed E-state index contributed by atoms with van der Waals surface area (Å²) in [7, 11) is 0. The summed E-state index contributed by atoms with van der Waals surface area (Å²) in [6, 6.07) is 5.59. The number of aliphatic carboxylic acids is 1. The summed E-state index contributed by atoms with van der Waals surface area (Å²) in [6.45, 7) is 0.0417. The van der Waals surface area contributed by atoms with Gasteiger partial charge >= 0.3 is 5.97 Å². The number of aliphatic hydroxyl groups is 1. The monoisotopic (exact) mass is 239 g/mol. The second-order valence-electron chi connectivity index (χ2n) is 3.18. The summed E-state index contributed by atoms with van der Waals surface area (Å²) in [5, 5.41) is 19.4. The summed E-state index contributed by atoms with van der Waals surface area (Å²) in [4.78, 5) is 21.3. The van der Waals surface area contributed by atoms with Crippen LogP contribution in [-0.4, -0.2) is 22.1 Å². The molecular weight excluding hydrogens is 229 g/mol. The maximum absolute atomic E-state index is 12.8. The van der Waals surface area contributed by atoms with Gasteiger partial charge in [0.1, 0.15) is 5.82 Å². The first-order valence-electron chi connectivity index (χ1n) is 4.65. The first kappa shape index (κ1) is 12.7. The first-order chi connectivity index (χ1) is 7.99. The van der Waals surface area contributed by atoms with Gasteiger partial charge in [0.25, 0.3) is 0 Å². The predicted molar refractivity (Wildman–Crippen MR) is 56.6 cm³/mol. The van der Waals surface area contributed by atoms with Gasteiger partial charge in [0.05, 0.1) is 6.08 Å². The lowest BCUT2D eigenvalue weighted by atomic mass is 10.2. The minimum atomic E-state index is -1.59. The van der Waals surface area contributed by atoms with Crippen LogP contribution in [-0.2, 0) is 16.1 Å². The van der Waals surface area contributed by atoms with Gasteiger partial charge in [0, 0.05) is 6.54 Å². The van der Waals surface area contributed by atoms with Crippen LogP contribution in [0.25, 0.3) is 0 Å². The molecule has 0 bridgehead atoms. The smallest absolute Gasteiger partial charge is 0.371 e. The summed E-state index contributed by atoms with van der Waals surface area (Å²) < 4.78 is 12.8. The van der Waals surface area contributed by atoms with Crippen LogP contribution in [0.4, 0.5) is 4.39 Å². The van der Waals surface area contributed by atoms with Crippen molar-refractivity contribution in [2.75, 3.05) is 0 Å². The van der Waals surface area contributed by atoms with Crippen molar-refractivity contribution in [3.05, 3.63) is 47.5 Å². The maximum atomic E-state index is 12.8. The van der Waals surface area contributed by atoms with Crippen LogP contribution in [0, 0.1) is 5.82 Å². The van der Waals surface area contributed by atoms with E-state index in [4.69, 9.17) is 10.2 Å². The topological polar surface area (TPSA) is 86.6 Å². The Balaban J connectivity index is 2.54. The third-order valence-electron chi connectivity index (χ3n) is 1.84. The van der Waals surface area contributed by atoms with Crippen molar-refractivity contribution >= 4 is 11.9 Å². The molecule has 0 saturated heterocycles. The number of halogens is 1. The summed E-state index contributed by atoms with van der Waals surface area (Å²) in [5.74, 6) is -3.84. The number of hydrogen-bond donors (Lipinski definition) is 3. The van der Waals surface area contributed by atoms with Gasteiger partial charge < -0.3 is 15.5 Å². The zero-order valence-electron chi connectivity index (χ0n) is 8.68. The van der Waals surface area contributed by atoms with Gasteiger partial charge in [-0.05, 0) is 17.7 Å². The van der Waals surface area contributed by atoms with Crippen LogP contribution in [0.2, 0.25) is 0 Å². The number of carbonyl (C=O) groups excluding carboxylic acids is 1. The van der Waals surface area contributed by atoms with Gasteiger partial charge in [-0.25, -0.2) is 9.18 Å². The van der Waals surface area contributed by atoms with Crippen LogP contribution < -0.4 is 5.32 Å². The first-order valence-corrected chi connectivity index (χ1v) is 4.65. The minimum absolute atomic E-state index is 0.0417. The average Bonchev–Trinajstić information content (AvgIpc) is 2.26. The Bertz CT molecular complexity index is 470. The summed E-state index contributed by atoms with van der Waals surface area (Å²) in [5.41, 5.74) is 0.529. The van der Waals surface area contributed by atoms with E-state index in [2.05, 4.69) is 5.32 Å². The zero-order chi connectivity index (χ0) is 12.8. The molecule has 90 valence electrons. The van der Waals surface area contributed by atoms with Crippen molar-refractivity contribution in [1.82, 2.24) is 5.32 Å². The van der Waals surface area contributed by atoms with Gasteiger partial charge in [-0.1, -0.05) is 12.1 Å². The van der Waals surface area contributed by atoms with E-state index in [1.807, 2.05) is 0 Å². The van der Waals surface area contributed by atoms with Gasteiger partial charge in [0.15, 0.2) is 0 Å². The molecule has 1 aromatic carbocycles. The van der Waals surface area contributed by atoms with Crippen molar-refractivity contribution < 1.29 is 24.2 Å². The minimum Gasteiger partial charge on any atom is -0.502 e. The molecule has 0 atom stereocenters. The lowest BCUT2D eigenvalue weighted by Gasteiger charge is -2.02. The summed E-state index contributed by atoms with van der Waals surface area (Å²) >= 11 is 0. The standard InChI is InChI=1S/C11H10FNO4/c12-8-3-1-2-7(4-8)6-13-10(15)5-9(14)11(16)17/h1-5,14H,6H2,(H,13,15)(H,16,17)/b9-5-. The Hall–Kier alpha value is -2.37. The molecule has 1 aromatic rings. The fourth-order valence-corrected chi connectivity index (χ4v) is 1.07. The lowest BCUT2D eigenvalue weighted by molar-refractivity contribution is -0.136. The molecule has 0 spiro atoms. The molecular formula is C11H10FNO4. The molecule has 0 saturated carbocycles. The Morgan fingerprint density at radius 3 is 2.65 bits per heavy atom. The SMILES string of the molecule is O=C(/C=C(\O)C(=O)O)NCc1cccc(F)c1. The highest BCUT2D eigenvalue weighted by Gasteiger charge is 2.06. The number of carboxylic acid groups (broad SMARTS) is 1. The second-order valence-corrected chi connectivity index (χ2v) is 3.18. The second kappa shape index (κ2) is 5.64. The molecule has 3 N–H and O–H groups in total. The van der Waals surface area contributed by atoms with Crippen molar-refractivity contribution in [1.29, 1.82) is 0 Å². The maximum Gasteiger partial charge on any atom is 0.371 e. The van der Waals surface area contributed by atoms with Crippen molar-refractivity contribution in [2.24, 2.45) is 0 Å². The molecule has 0 aliphatic heterocycles. The van der Waals surface area contributed by atoms with E-state index in [-0.39, 0.29) is 6.54 Å². The number of nitrogens with one attached hydrogen (secondary N) is 1. The van der Waals surface area contributed by atoms with Gasteiger partial charge in [-0.3, -0.25) is 4.79 Å². The highest BCUT2D eigenvalue weighted by atomic mass is 19.1. The number of carbonyl (C=O) groups is 2. The van der Waals surface area contributed by atoms with Crippen LogP contribution in [0.1, 0.15) is 5.56 Å². The lowest BCUT2D eigenvalue weighted by Crippen LogP contribution is -2.21. The van der Waals surface area contributed by atoms with Crippen LogP contribution >= 0.6 is 0 Å². The largest absolute Gasteiger partial charge is 0.502 e. The molecule has 0 fully saturated rings. The predicted octanol–water partition coefficient (Wildman–Crippen LogP) is 0.968. The summed E-state index contributed by atoms with van der Waals surface area (Å²) in [6.07, 6.45) is 0.543. The Labute approximate surface area is 96.2 Å². The van der Waals surface area contributed by atoms with Crippen molar-refractivity contribution in [2.45, 2.75) is 6.54 Å². The fraction of sp³-hybridized carbons (Fsp3) is 0.0909. The van der Waals surface area contributed by atoms with E-state index in [0.717, 1.165) is 0 Å². The van der Waals surface area contributed by atoms with Crippen molar-refractivity contribution in [3.8, 4) is 0 Å². The van der Waals surface area contributed by atoms with E-state index in [0.29, 0.717) is 11.6 Å². The van der Waals surface area contributed by atoms with E-state index in [1.54, 1.807) is 6.07 Å². The van der Waals surface area contributed by atoms with Crippen LogP contribution in [0.3, 0.4) is 0 Å². The average molecular weight is 239 g/mol. The normalized spacial score (nSPS) is 11.0. The third kappa shape index (κ3) is 4.33. The molecule has 0 radical (unpaired) electrons. The van der Waals surface area contributed by atoms with E-state index in [1.165, 1.54) is 18.2 Å². The van der Waals surface area contributed by atoms with Gasteiger partial charge in [0.2, 0.25) is 11.7 Å². The number of aliphatic hydroxyl groups excluding tert-OH is 1. The Morgan fingerprint density at radius 2 is 2.06 bits per heavy atom. The Morgan fingerprint density at radius 1 is 1.35 bits per heavy atom. The van der Waals surface area contributed by atoms with E-state index < -0.39 is 23.5 Å². The third-order valence-corrected chi connectivity index (χ3v) is 1.84. The molecule has 0 aromatic heterocycles. The molecule has 17 heavy (non-hydrogen) atoms. The van der Waals surface area contributed by atoms with E-state index in [9.17, 15) is 14.0 Å². The number of benzene rings is 1. The highest BCUT2D eigenvalue weighted by Crippen LogP contribution is 2.02. The van der Waals surface area contributed by atoms with Gasteiger partial charge in [-0.15, -0.1) is 0 Å². The Kier molecular flexibility index (Phi) is 4.21. The molecule has 0 aliphatic rings. The quantitative estimate of drug-likeness (QED) is 0.539. The zero-order valence-corrected chi connectivity index (χ0v) is 8.68. The van der Waals surface area contributed by atoms with Crippen molar-refractivity contribution in [3.63, 3.8) is 0 Å².